The predicted molar refractivity (Wildman–Crippen MR) is 51.3 cm³/mol. The second-order valence-electron chi connectivity index (χ2n) is 1.82. The van der Waals surface area contributed by atoms with Crippen LogP contribution in [0.25, 0.3) is 0 Å². The van der Waals surface area contributed by atoms with Crippen LogP contribution in [0.5, 0.6) is 5.75 Å². The van der Waals surface area contributed by atoms with Crippen molar-refractivity contribution in [2.24, 2.45) is 0 Å². The first-order valence-corrected chi connectivity index (χ1v) is 4.72. The second kappa shape index (κ2) is 4.31. The Hall–Kier alpha value is 0.0200. The van der Waals surface area contributed by atoms with Gasteiger partial charge in [0, 0.05) is 10.7 Å². The highest BCUT2D eigenvalue weighted by atomic mass is 127. The minimum Gasteiger partial charge on any atom is -0.432 e. The molecular formula is C6H3BrF2INO. The molecule has 66 valence electrons. The third kappa shape index (κ3) is 2.81. The summed E-state index contributed by atoms with van der Waals surface area (Å²) in [5, 5.41) is 0. The average Bonchev–Trinajstić information content (AvgIpc) is 1.96. The molecule has 0 bridgehead atoms. The first-order valence-electron chi connectivity index (χ1n) is 2.85. The zero-order valence-electron chi connectivity index (χ0n) is 5.60. The molecule has 1 aromatic heterocycles. The average molecular weight is 350 g/mol. The van der Waals surface area contributed by atoms with Crippen LogP contribution in [0, 0.1) is 3.70 Å². The van der Waals surface area contributed by atoms with Gasteiger partial charge in [-0.2, -0.15) is 8.78 Å². The fourth-order valence-corrected chi connectivity index (χ4v) is 1.32. The third-order valence-electron chi connectivity index (χ3n) is 0.990. The van der Waals surface area contributed by atoms with Crippen molar-refractivity contribution >= 4 is 38.5 Å². The number of ether oxygens (including phenoxy) is 1. The van der Waals surface area contributed by atoms with E-state index >= 15 is 0 Å². The van der Waals surface area contributed by atoms with E-state index in [2.05, 4.69) is 25.7 Å². The monoisotopic (exact) mass is 349 g/mol. The summed E-state index contributed by atoms with van der Waals surface area (Å²) in [7, 11) is 0. The number of nitrogens with zero attached hydrogens (tertiary/aromatic N) is 1. The van der Waals surface area contributed by atoms with Crippen LogP contribution in [0.15, 0.2) is 16.7 Å². The molecule has 1 aromatic rings. The number of hydrogen-bond acceptors (Lipinski definition) is 2. The van der Waals surface area contributed by atoms with Gasteiger partial charge in [0.15, 0.2) is 5.75 Å². The Balaban J connectivity index is 2.90. The van der Waals surface area contributed by atoms with Crippen molar-refractivity contribution in [1.82, 2.24) is 4.98 Å². The number of alkyl halides is 2. The predicted octanol–water partition coefficient (Wildman–Crippen LogP) is 3.05. The SMILES string of the molecule is FC(F)Oc1cc(Br)cnc1I. The molecule has 0 atom stereocenters. The van der Waals surface area contributed by atoms with Crippen molar-refractivity contribution in [2.75, 3.05) is 0 Å². The Labute approximate surface area is 89.6 Å². The summed E-state index contributed by atoms with van der Waals surface area (Å²) in [5.41, 5.74) is 0. The summed E-state index contributed by atoms with van der Waals surface area (Å²) >= 11 is 4.92. The second-order valence-corrected chi connectivity index (χ2v) is 3.76. The van der Waals surface area contributed by atoms with Crippen LogP contribution in [0.3, 0.4) is 0 Å². The lowest BCUT2D eigenvalue weighted by Gasteiger charge is -2.05. The van der Waals surface area contributed by atoms with Crippen LogP contribution < -0.4 is 4.74 Å². The highest BCUT2D eigenvalue weighted by Gasteiger charge is 2.08. The molecule has 0 aliphatic rings. The molecule has 0 unspecified atom stereocenters. The van der Waals surface area contributed by atoms with Gasteiger partial charge < -0.3 is 4.74 Å². The van der Waals surface area contributed by atoms with E-state index in [0.29, 0.717) is 8.17 Å². The minimum atomic E-state index is -2.81. The number of rotatable bonds is 2. The summed E-state index contributed by atoms with van der Waals surface area (Å²) in [6.07, 6.45) is 1.51. The van der Waals surface area contributed by atoms with Crippen LogP contribution in [-0.2, 0) is 0 Å². The Morgan fingerprint density at radius 2 is 2.25 bits per heavy atom. The molecule has 0 radical (unpaired) electrons. The Morgan fingerprint density at radius 1 is 1.58 bits per heavy atom. The first-order chi connectivity index (χ1) is 5.59. The van der Waals surface area contributed by atoms with Gasteiger partial charge in [-0.1, -0.05) is 0 Å². The molecule has 0 amide bonds. The van der Waals surface area contributed by atoms with E-state index in [1.165, 1.54) is 12.3 Å². The third-order valence-corrected chi connectivity index (χ3v) is 2.23. The highest BCUT2D eigenvalue weighted by Crippen LogP contribution is 2.23. The maximum atomic E-state index is 11.8. The van der Waals surface area contributed by atoms with E-state index < -0.39 is 6.61 Å². The summed E-state index contributed by atoms with van der Waals surface area (Å²) in [5.74, 6) is 0.0833. The zero-order chi connectivity index (χ0) is 9.14. The topological polar surface area (TPSA) is 22.1 Å². The van der Waals surface area contributed by atoms with Crippen molar-refractivity contribution in [3.05, 3.63) is 20.4 Å². The van der Waals surface area contributed by atoms with Gasteiger partial charge in [-0.3, -0.25) is 0 Å². The van der Waals surface area contributed by atoms with Crippen molar-refractivity contribution in [3.8, 4) is 5.75 Å². The first kappa shape index (κ1) is 10.1. The summed E-state index contributed by atoms with van der Waals surface area (Å²) in [6, 6.07) is 1.45. The standard InChI is InChI=1S/C6H3BrF2INO/c7-3-1-4(12-6(8)9)5(10)11-2-3/h1-2,6H. The van der Waals surface area contributed by atoms with Gasteiger partial charge >= 0.3 is 6.61 Å². The molecule has 12 heavy (non-hydrogen) atoms. The van der Waals surface area contributed by atoms with Crippen molar-refractivity contribution < 1.29 is 13.5 Å². The van der Waals surface area contributed by atoms with E-state index in [0.717, 1.165) is 0 Å². The van der Waals surface area contributed by atoms with E-state index in [4.69, 9.17) is 0 Å². The minimum absolute atomic E-state index is 0.0833. The Morgan fingerprint density at radius 3 is 2.83 bits per heavy atom. The summed E-state index contributed by atoms with van der Waals surface area (Å²) in [6.45, 7) is -2.81. The van der Waals surface area contributed by atoms with Crippen molar-refractivity contribution in [2.45, 2.75) is 6.61 Å². The molecule has 0 saturated carbocycles. The molecule has 0 saturated heterocycles. The number of pyridine rings is 1. The lowest BCUT2D eigenvalue weighted by atomic mass is 10.5. The van der Waals surface area contributed by atoms with Crippen LogP contribution in [0.4, 0.5) is 8.78 Å². The van der Waals surface area contributed by atoms with Gasteiger partial charge in [-0.05, 0) is 44.6 Å². The molecule has 0 N–H and O–H groups in total. The van der Waals surface area contributed by atoms with Crippen LogP contribution in [0.2, 0.25) is 0 Å². The van der Waals surface area contributed by atoms with Gasteiger partial charge in [0.25, 0.3) is 0 Å². The van der Waals surface area contributed by atoms with E-state index in [-0.39, 0.29) is 5.75 Å². The fraction of sp³-hybridized carbons (Fsp3) is 0.167. The summed E-state index contributed by atoms with van der Waals surface area (Å²) in [4.78, 5) is 3.81. The van der Waals surface area contributed by atoms with E-state index in [1.54, 1.807) is 0 Å². The molecule has 0 aromatic carbocycles. The molecule has 2 nitrogen and oxygen atoms in total. The quantitative estimate of drug-likeness (QED) is 0.604. The smallest absolute Gasteiger partial charge is 0.387 e. The lowest BCUT2D eigenvalue weighted by Crippen LogP contribution is -2.03. The molecule has 0 spiro atoms. The number of hydrogen-bond donors (Lipinski definition) is 0. The van der Waals surface area contributed by atoms with Gasteiger partial charge in [0.2, 0.25) is 0 Å². The largest absolute Gasteiger partial charge is 0.432 e. The highest BCUT2D eigenvalue weighted by molar-refractivity contribution is 14.1. The van der Waals surface area contributed by atoms with Gasteiger partial charge in [-0.15, -0.1) is 0 Å². The number of aromatic nitrogens is 1. The molecule has 1 rings (SSSR count). The maximum Gasteiger partial charge on any atom is 0.387 e. The normalized spacial score (nSPS) is 10.4. The number of halogens is 4. The molecule has 0 aliphatic heterocycles. The Bertz CT molecular complexity index is 284. The fourth-order valence-electron chi connectivity index (χ4n) is 0.583. The van der Waals surface area contributed by atoms with Crippen LogP contribution in [-0.4, -0.2) is 11.6 Å². The molecule has 6 heteroatoms. The van der Waals surface area contributed by atoms with E-state index in [9.17, 15) is 8.78 Å². The summed E-state index contributed by atoms with van der Waals surface area (Å²) < 4.78 is 28.7. The molecule has 1 heterocycles. The van der Waals surface area contributed by atoms with Crippen LogP contribution in [0.1, 0.15) is 0 Å². The van der Waals surface area contributed by atoms with Crippen molar-refractivity contribution in [1.29, 1.82) is 0 Å². The lowest BCUT2D eigenvalue weighted by molar-refractivity contribution is -0.0507. The van der Waals surface area contributed by atoms with Gasteiger partial charge in [-0.25, -0.2) is 4.98 Å². The zero-order valence-corrected chi connectivity index (χ0v) is 9.34. The Kier molecular flexibility index (Phi) is 3.63. The molecular weight excluding hydrogens is 347 g/mol. The molecule has 0 aliphatic carbocycles. The van der Waals surface area contributed by atoms with Gasteiger partial charge in [0.1, 0.15) is 3.70 Å². The molecule has 0 fully saturated rings. The van der Waals surface area contributed by atoms with Crippen LogP contribution >= 0.6 is 38.5 Å². The van der Waals surface area contributed by atoms with Crippen molar-refractivity contribution in [3.63, 3.8) is 0 Å². The maximum absolute atomic E-state index is 11.8. The van der Waals surface area contributed by atoms with E-state index in [1.807, 2.05) is 22.6 Å². The van der Waals surface area contributed by atoms with Gasteiger partial charge in [0.05, 0.1) is 0 Å².